The number of pyridine rings is 2. The third kappa shape index (κ3) is 2.51. The van der Waals surface area contributed by atoms with Crippen LogP contribution >= 0.6 is 0 Å². The average molecular weight is 269 g/mol. The van der Waals surface area contributed by atoms with Crippen LogP contribution in [0.1, 0.15) is 35.7 Å². The molecule has 0 aliphatic heterocycles. The lowest BCUT2D eigenvalue weighted by Crippen LogP contribution is -2.29. The van der Waals surface area contributed by atoms with E-state index in [1.54, 1.807) is 12.3 Å². The molecule has 3 rings (SSSR count). The van der Waals surface area contributed by atoms with E-state index in [-0.39, 0.29) is 11.6 Å². The molecule has 0 fully saturated rings. The van der Waals surface area contributed by atoms with Crippen molar-refractivity contribution in [1.29, 1.82) is 0 Å². The Morgan fingerprint density at radius 1 is 1.35 bits per heavy atom. The highest BCUT2D eigenvalue weighted by molar-refractivity contribution is 5.27. The van der Waals surface area contributed by atoms with Crippen LogP contribution in [0.15, 0.2) is 41.5 Å². The highest BCUT2D eigenvalue weighted by Crippen LogP contribution is 2.26. The molecule has 2 heterocycles. The average Bonchev–Trinajstić information content (AvgIpc) is 2.47. The van der Waals surface area contributed by atoms with Crippen molar-refractivity contribution < 1.29 is 0 Å². The van der Waals surface area contributed by atoms with Gasteiger partial charge in [-0.2, -0.15) is 0 Å². The molecule has 0 saturated carbocycles. The molecular weight excluding hydrogens is 250 g/mol. The molecular formula is C16H19N3O. The molecule has 0 amide bonds. The van der Waals surface area contributed by atoms with Crippen LogP contribution in [0, 0.1) is 0 Å². The zero-order valence-corrected chi connectivity index (χ0v) is 11.5. The Balaban J connectivity index is 1.89. The summed E-state index contributed by atoms with van der Waals surface area (Å²) >= 11 is 0. The summed E-state index contributed by atoms with van der Waals surface area (Å²) in [6.45, 7) is 0.695. The van der Waals surface area contributed by atoms with Gasteiger partial charge in [-0.3, -0.25) is 9.78 Å². The second-order valence-corrected chi connectivity index (χ2v) is 5.34. The second-order valence-electron chi connectivity index (χ2n) is 5.34. The molecule has 1 atom stereocenters. The lowest BCUT2D eigenvalue weighted by Gasteiger charge is -2.25. The van der Waals surface area contributed by atoms with Gasteiger partial charge in [0, 0.05) is 36.7 Å². The van der Waals surface area contributed by atoms with Crippen molar-refractivity contribution in [3.8, 4) is 0 Å². The molecule has 0 saturated heterocycles. The quantitative estimate of drug-likeness (QED) is 0.924. The number of rotatable bonds is 3. The molecule has 20 heavy (non-hydrogen) atoms. The summed E-state index contributed by atoms with van der Waals surface area (Å²) in [5.41, 5.74) is 9.63. The first-order valence-corrected chi connectivity index (χ1v) is 7.13. The largest absolute Gasteiger partial charge is 0.324 e. The summed E-state index contributed by atoms with van der Waals surface area (Å²) in [5.74, 6) is 0. The van der Waals surface area contributed by atoms with Crippen molar-refractivity contribution in [2.75, 3.05) is 0 Å². The summed E-state index contributed by atoms with van der Waals surface area (Å²) in [4.78, 5) is 16.2. The van der Waals surface area contributed by atoms with Crippen molar-refractivity contribution in [3.05, 3.63) is 63.8 Å². The topological polar surface area (TPSA) is 60.9 Å². The van der Waals surface area contributed by atoms with Crippen molar-refractivity contribution >= 4 is 0 Å². The second kappa shape index (κ2) is 5.59. The third-order valence-electron chi connectivity index (χ3n) is 4.01. The van der Waals surface area contributed by atoms with E-state index in [1.807, 2.05) is 29.0 Å². The van der Waals surface area contributed by atoms with Crippen LogP contribution in [-0.2, 0) is 19.4 Å². The Labute approximate surface area is 118 Å². The summed E-state index contributed by atoms with van der Waals surface area (Å²) in [5, 5.41) is 0. The highest BCUT2D eigenvalue weighted by Gasteiger charge is 2.19. The van der Waals surface area contributed by atoms with Gasteiger partial charge in [-0.25, -0.2) is 0 Å². The van der Waals surface area contributed by atoms with Gasteiger partial charge >= 0.3 is 0 Å². The van der Waals surface area contributed by atoms with E-state index in [0.717, 1.165) is 42.5 Å². The maximum Gasteiger partial charge on any atom is 0.250 e. The van der Waals surface area contributed by atoms with E-state index in [1.165, 1.54) is 0 Å². The Morgan fingerprint density at radius 2 is 2.25 bits per heavy atom. The smallest absolute Gasteiger partial charge is 0.250 e. The van der Waals surface area contributed by atoms with Gasteiger partial charge in [0.2, 0.25) is 0 Å². The Hall–Kier alpha value is -1.94. The molecule has 2 N–H and O–H groups in total. The van der Waals surface area contributed by atoms with Crippen LogP contribution in [-0.4, -0.2) is 9.55 Å². The lowest BCUT2D eigenvalue weighted by atomic mass is 9.91. The number of aromatic nitrogens is 2. The van der Waals surface area contributed by atoms with Gasteiger partial charge in [-0.1, -0.05) is 12.1 Å². The molecule has 0 radical (unpaired) electrons. The molecule has 1 aliphatic rings. The molecule has 1 unspecified atom stereocenters. The van der Waals surface area contributed by atoms with Gasteiger partial charge in [-0.05, 0) is 42.9 Å². The summed E-state index contributed by atoms with van der Waals surface area (Å²) in [6.07, 6.45) is 7.45. The van der Waals surface area contributed by atoms with Crippen LogP contribution < -0.4 is 11.3 Å². The Bertz CT molecular complexity index is 649. The zero-order valence-electron chi connectivity index (χ0n) is 11.5. The fraction of sp³-hybridized carbons (Fsp3) is 0.375. The summed E-state index contributed by atoms with van der Waals surface area (Å²) < 4.78 is 1.89. The van der Waals surface area contributed by atoms with Gasteiger partial charge in [0.1, 0.15) is 0 Å². The van der Waals surface area contributed by atoms with E-state index < -0.39 is 0 Å². The van der Waals surface area contributed by atoms with Gasteiger partial charge < -0.3 is 10.3 Å². The molecule has 4 nitrogen and oxygen atoms in total. The number of nitrogens with zero attached hydrogens (tertiary/aromatic N) is 2. The monoisotopic (exact) mass is 269 g/mol. The molecule has 1 aliphatic carbocycles. The summed E-state index contributed by atoms with van der Waals surface area (Å²) in [6, 6.07) is 7.59. The number of aryl methyl sites for hydroxylation is 1. The van der Waals surface area contributed by atoms with E-state index in [2.05, 4.69) is 4.98 Å². The first kappa shape index (κ1) is 13.1. The Kier molecular flexibility index (Phi) is 3.65. The first-order chi connectivity index (χ1) is 9.75. The van der Waals surface area contributed by atoms with Crippen LogP contribution in [0.5, 0.6) is 0 Å². The minimum Gasteiger partial charge on any atom is -0.324 e. The molecule has 0 bridgehead atoms. The number of hydrogen-bond acceptors (Lipinski definition) is 3. The highest BCUT2D eigenvalue weighted by atomic mass is 16.1. The van der Waals surface area contributed by atoms with Gasteiger partial charge in [0.15, 0.2) is 0 Å². The first-order valence-electron chi connectivity index (χ1n) is 7.13. The SMILES string of the molecule is NC1CCCc2c1ccc(=O)n2CCc1cccnc1. The predicted molar refractivity (Wildman–Crippen MR) is 78.5 cm³/mol. The standard InChI is InChI=1S/C16H19N3O/c17-14-4-1-5-15-13(14)6-7-16(20)19(15)10-8-12-3-2-9-18-11-12/h2-3,6-7,9,11,14H,1,4-5,8,10,17H2. The molecule has 0 spiro atoms. The van der Waals surface area contributed by atoms with Crippen molar-refractivity contribution in [2.24, 2.45) is 5.73 Å². The lowest BCUT2D eigenvalue weighted by molar-refractivity contribution is 0.517. The fourth-order valence-corrected chi connectivity index (χ4v) is 2.93. The zero-order chi connectivity index (χ0) is 13.9. The predicted octanol–water partition coefficient (Wildman–Crippen LogP) is 1.82. The maximum atomic E-state index is 12.1. The van der Waals surface area contributed by atoms with Crippen molar-refractivity contribution in [2.45, 2.75) is 38.3 Å². The molecule has 2 aromatic rings. The van der Waals surface area contributed by atoms with E-state index >= 15 is 0 Å². The molecule has 4 heteroatoms. The van der Waals surface area contributed by atoms with Gasteiger partial charge in [0.25, 0.3) is 5.56 Å². The number of hydrogen-bond donors (Lipinski definition) is 1. The van der Waals surface area contributed by atoms with Crippen LogP contribution in [0.25, 0.3) is 0 Å². The minimum absolute atomic E-state index is 0.0711. The Morgan fingerprint density at radius 3 is 3.05 bits per heavy atom. The molecule has 104 valence electrons. The molecule has 2 aromatic heterocycles. The van der Waals surface area contributed by atoms with E-state index in [9.17, 15) is 4.79 Å². The third-order valence-corrected chi connectivity index (χ3v) is 4.01. The van der Waals surface area contributed by atoms with Crippen molar-refractivity contribution in [3.63, 3.8) is 0 Å². The van der Waals surface area contributed by atoms with E-state index in [4.69, 9.17) is 5.73 Å². The van der Waals surface area contributed by atoms with Crippen LogP contribution in [0.3, 0.4) is 0 Å². The van der Waals surface area contributed by atoms with Gasteiger partial charge in [-0.15, -0.1) is 0 Å². The minimum atomic E-state index is 0.0711. The molecule has 0 aromatic carbocycles. The van der Waals surface area contributed by atoms with E-state index in [0.29, 0.717) is 6.54 Å². The van der Waals surface area contributed by atoms with Crippen molar-refractivity contribution in [1.82, 2.24) is 9.55 Å². The number of nitrogens with two attached hydrogens (primary N) is 1. The van der Waals surface area contributed by atoms with Crippen LogP contribution in [0.2, 0.25) is 0 Å². The summed E-state index contributed by atoms with van der Waals surface area (Å²) in [7, 11) is 0. The number of fused-ring (bicyclic) bond motifs is 1. The normalized spacial score (nSPS) is 17.8. The maximum absolute atomic E-state index is 12.1. The fourth-order valence-electron chi connectivity index (χ4n) is 2.93. The van der Waals surface area contributed by atoms with Crippen LogP contribution in [0.4, 0.5) is 0 Å². The van der Waals surface area contributed by atoms with Gasteiger partial charge in [0.05, 0.1) is 0 Å².